The monoisotopic (exact) mass is 564 g/mol. The van der Waals surface area contributed by atoms with Crippen LogP contribution in [0.1, 0.15) is 44.0 Å². The summed E-state index contributed by atoms with van der Waals surface area (Å²) < 4.78 is 4.60. The third kappa shape index (κ3) is 5.02. The second kappa shape index (κ2) is 10.4. The average Bonchev–Trinajstić information content (AvgIpc) is 3.27. The van der Waals surface area contributed by atoms with E-state index < -0.39 is 0 Å². The lowest BCUT2D eigenvalue weighted by atomic mass is 9.86. The maximum atomic E-state index is 13.6. The zero-order valence-corrected chi connectivity index (χ0v) is 25.0. The van der Waals surface area contributed by atoms with Gasteiger partial charge in [-0.3, -0.25) is 19.2 Å². The molecule has 0 radical (unpaired) electrons. The topological polar surface area (TPSA) is 103 Å². The molecule has 1 saturated heterocycles. The van der Waals surface area contributed by atoms with Crippen molar-refractivity contribution in [1.29, 1.82) is 0 Å². The molecule has 4 heterocycles. The van der Waals surface area contributed by atoms with Crippen LogP contribution in [0, 0.1) is 6.92 Å². The van der Waals surface area contributed by atoms with Crippen molar-refractivity contribution in [3.63, 3.8) is 0 Å². The molecular weight excluding hydrogens is 528 g/mol. The molecule has 0 atom stereocenters. The molecule has 0 unspecified atom stereocenters. The predicted octanol–water partition coefficient (Wildman–Crippen LogP) is 4.44. The third-order valence-electron chi connectivity index (χ3n) is 8.10. The number of rotatable bonds is 6. The van der Waals surface area contributed by atoms with Crippen molar-refractivity contribution in [2.75, 3.05) is 18.4 Å². The molecule has 1 aliphatic heterocycles. The van der Waals surface area contributed by atoms with Gasteiger partial charge in [-0.1, -0.05) is 39.0 Å². The number of fused-ring (bicyclic) bond motifs is 1. The Bertz CT molecular complexity index is 1940. The quantitative estimate of drug-likeness (QED) is 0.325. The first kappa shape index (κ1) is 27.6. The van der Waals surface area contributed by atoms with Gasteiger partial charge in [0.25, 0.3) is 11.1 Å². The molecule has 42 heavy (non-hydrogen) atoms. The summed E-state index contributed by atoms with van der Waals surface area (Å²) in [6.07, 6.45) is 2.97. The van der Waals surface area contributed by atoms with Gasteiger partial charge in [0, 0.05) is 37.7 Å². The van der Waals surface area contributed by atoms with E-state index in [0.29, 0.717) is 28.3 Å². The lowest BCUT2D eigenvalue weighted by Crippen LogP contribution is -2.36. The molecule has 0 spiro atoms. The van der Waals surface area contributed by atoms with E-state index in [1.807, 2.05) is 61.1 Å². The van der Waals surface area contributed by atoms with E-state index in [1.54, 1.807) is 19.3 Å². The summed E-state index contributed by atoms with van der Waals surface area (Å²) in [7, 11) is 3.54. The van der Waals surface area contributed by atoms with Crippen LogP contribution in [0.3, 0.4) is 0 Å². The van der Waals surface area contributed by atoms with E-state index in [2.05, 4.69) is 46.3 Å². The lowest BCUT2D eigenvalue weighted by Gasteiger charge is -2.30. The van der Waals surface area contributed by atoms with Crippen LogP contribution >= 0.6 is 0 Å². The molecule has 1 N–H and O–H groups in total. The maximum Gasteiger partial charge on any atom is 0.290 e. The van der Waals surface area contributed by atoms with Crippen molar-refractivity contribution in [2.45, 2.75) is 46.1 Å². The number of anilines is 2. The number of hydrogen-bond acceptors (Lipinski definition) is 7. The first-order chi connectivity index (χ1) is 20.0. The van der Waals surface area contributed by atoms with Crippen LogP contribution in [-0.4, -0.2) is 47.3 Å². The Kier molecular flexibility index (Phi) is 6.81. The van der Waals surface area contributed by atoms with E-state index in [9.17, 15) is 9.59 Å². The highest BCUT2D eigenvalue weighted by molar-refractivity contribution is 5.82. The van der Waals surface area contributed by atoms with Gasteiger partial charge < -0.3 is 5.32 Å². The molecule has 216 valence electrons. The molecule has 1 aliphatic rings. The van der Waals surface area contributed by atoms with Crippen LogP contribution in [0.15, 0.2) is 64.3 Å². The Morgan fingerprint density at radius 1 is 0.929 bits per heavy atom. The molecule has 0 amide bonds. The van der Waals surface area contributed by atoms with E-state index in [4.69, 9.17) is 0 Å². The van der Waals surface area contributed by atoms with Gasteiger partial charge in [0.15, 0.2) is 5.82 Å². The Hall–Kier alpha value is -4.57. The van der Waals surface area contributed by atoms with Crippen LogP contribution in [0.5, 0.6) is 0 Å². The normalized spacial score (nSPS) is 13.9. The van der Waals surface area contributed by atoms with Gasteiger partial charge in [-0.2, -0.15) is 20.0 Å². The minimum atomic E-state index is -0.260. The van der Waals surface area contributed by atoms with Gasteiger partial charge in [0.1, 0.15) is 5.69 Å². The highest BCUT2D eigenvalue weighted by atomic mass is 16.1. The molecule has 10 nitrogen and oxygen atoms in total. The fourth-order valence-corrected chi connectivity index (χ4v) is 5.37. The van der Waals surface area contributed by atoms with Crippen molar-refractivity contribution < 1.29 is 0 Å². The predicted molar refractivity (Wildman–Crippen MR) is 166 cm³/mol. The summed E-state index contributed by atoms with van der Waals surface area (Å²) in [4.78, 5) is 29.0. The van der Waals surface area contributed by atoms with Crippen LogP contribution in [0.2, 0.25) is 0 Å². The highest BCUT2D eigenvalue weighted by Gasteiger charge is 2.19. The standard InChI is InChI=1S/C32H36N8O2/c1-20-24(9-7-10-28(20)40-30(41)25-12-11-22(32(2,3)4)15-21(25)18-33-40)26-17-27(31(42)38(6)35-26)34-29-16-23(37(5)36-29)19-39-13-8-14-39/h7,9-12,15-18H,8,13-14,19H2,1-6H3,(H,34,36). The fraction of sp³-hybridized carbons (Fsp3) is 0.344. The molecule has 2 aromatic carbocycles. The number of likely N-dealkylation sites (tertiary alicyclic amines) is 1. The fourth-order valence-electron chi connectivity index (χ4n) is 5.37. The number of nitrogens with one attached hydrogen (secondary N) is 1. The summed E-state index contributed by atoms with van der Waals surface area (Å²) in [6, 6.07) is 15.3. The Morgan fingerprint density at radius 2 is 1.71 bits per heavy atom. The minimum Gasteiger partial charge on any atom is -0.334 e. The van der Waals surface area contributed by atoms with Gasteiger partial charge in [0.05, 0.1) is 28.7 Å². The Balaban J connectivity index is 1.36. The van der Waals surface area contributed by atoms with Gasteiger partial charge in [-0.15, -0.1) is 0 Å². The number of benzene rings is 2. The SMILES string of the molecule is Cc1c(-c2cc(Nc3cc(CN4CCC4)n(C)n3)c(=O)n(C)n2)cccc1-n1ncc2cc(C(C)(C)C)ccc2c1=O. The average molecular weight is 565 g/mol. The second-order valence-corrected chi connectivity index (χ2v) is 12.1. The van der Waals surface area contributed by atoms with Crippen LogP contribution in [-0.2, 0) is 26.1 Å². The van der Waals surface area contributed by atoms with Crippen molar-refractivity contribution in [2.24, 2.45) is 14.1 Å². The van der Waals surface area contributed by atoms with Crippen molar-refractivity contribution in [3.8, 4) is 16.9 Å². The molecule has 3 aromatic heterocycles. The molecule has 10 heteroatoms. The molecule has 5 aromatic rings. The van der Waals surface area contributed by atoms with E-state index >= 15 is 0 Å². The number of nitrogens with zero attached hydrogens (tertiary/aromatic N) is 7. The summed E-state index contributed by atoms with van der Waals surface area (Å²) in [5.41, 5.74) is 4.99. The largest absolute Gasteiger partial charge is 0.334 e. The van der Waals surface area contributed by atoms with E-state index in [-0.39, 0.29) is 16.5 Å². The summed E-state index contributed by atoms with van der Waals surface area (Å²) in [5, 5.41) is 18.3. The smallest absolute Gasteiger partial charge is 0.290 e. The van der Waals surface area contributed by atoms with Gasteiger partial charge in [0.2, 0.25) is 0 Å². The third-order valence-corrected chi connectivity index (χ3v) is 8.10. The number of aromatic nitrogens is 6. The second-order valence-electron chi connectivity index (χ2n) is 12.1. The molecular formula is C32H36N8O2. The lowest BCUT2D eigenvalue weighted by molar-refractivity contribution is 0.168. The zero-order chi connectivity index (χ0) is 29.8. The molecule has 1 fully saturated rings. The van der Waals surface area contributed by atoms with E-state index in [0.717, 1.165) is 47.4 Å². The molecule has 6 rings (SSSR count). The zero-order valence-electron chi connectivity index (χ0n) is 25.0. The summed E-state index contributed by atoms with van der Waals surface area (Å²) in [6.45, 7) is 11.4. The van der Waals surface area contributed by atoms with Crippen LogP contribution < -0.4 is 16.4 Å². The van der Waals surface area contributed by atoms with Crippen molar-refractivity contribution in [3.05, 3.63) is 92.3 Å². The first-order valence-electron chi connectivity index (χ1n) is 14.2. The summed E-state index contributed by atoms with van der Waals surface area (Å²) >= 11 is 0. The van der Waals surface area contributed by atoms with Gasteiger partial charge in [-0.05, 0) is 67.2 Å². The highest BCUT2D eigenvalue weighted by Crippen LogP contribution is 2.28. The molecule has 0 saturated carbocycles. The van der Waals surface area contributed by atoms with Crippen molar-refractivity contribution in [1.82, 2.24) is 34.2 Å². The van der Waals surface area contributed by atoms with Crippen molar-refractivity contribution >= 4 is 22.3 Å². The first-order valence-corrected chi connectivity index (χ1v) is 14.2. The Labute approximate surface area is 244 Å². The minimum absolute atomic E-state index is 0.0303. The maximum absolute atomic E-state index is 13.6. The number of aryl methyl sites for hydroxylation is 2. The van der Waals surface area contributed by atoms with Crippen LogP contribution in [0.4, 0.5) is 11.5 Å². The molecule has 0 bridgehead atoms. The number of hydrogen-bond donors (Lipinski definition) is 1. The van der Waals surface area contributed by atoms with Gasteiger partial charge in [-0.25, -0.2) is 4.68 Å². The molecule has 0 aliphatic carbocycles. The van der Waals surface area contributed by atoms with Crippen LogP contribution in [0.25, 0.3) is 27.7 Å². The summed E-state index contributed by atoms with van der Waals surface area (Å²) in [5.74, 6) is 0.606. The van der Waals surface area contributed by atoms with E-state index in [1.165, 1.54) is 15.8 Å². The van der Waals surface area contributed by atoms with Gasteiger partial charge >= 0.3 is 0 Å². The Morgan fingerprint density at radius 3 is 2.43 bits per heavy atom.